The molecule has 1 aliphatic rings. The molecule has 0 spiro atoms. The summed E-state index contributed by atoms with van der Waals surface area (Å²) < 4.78 is 5.55. The minimum absolute atomic E-state index is 0.0396. The molecular weight excluding hydrogens is 228 g/mol. The van der Waals surface area contributed by atoms with Gasteiger partial charge in [0, 0.05) is 18.2 Å². The fraction of sp³-hybridized carbons (Fsp3) is 0.500. The Kier molecular flexibility index (Phi) is 4.20. The first-order valence-corrected chi connectivity index (χ1v) is 6.42. The first-order valence-electron chi connectivity index (χ1n) is 6.42. The van der Waals surface area contributed by atoms with E-state index in [1.54, 1.807) is 0 Å². The molecule has 4 nitrogen and oxygen atoms in total. The molecule has 0 bridgehead atoms. The van der Waals surface area contributed by atoms with Crippen LogP contribution in [0.5, 0.6) is 5.75 Å². The number of benzene rings is 1. The number of hydrogen-bond acceptors (Lipinski definition) is 3. The summed E-state index contributed by atoms with van der Waals surface area (Å²) in [4.78, 5) is 11.9. The van der Waals surface area contributed by atoms with E-state index >= 15 is 0 Å². The van der Waals surface area contributed by atoms with Crippen LogP contribution in [0.4, 0.5) is 5.69 Å². The van der Waals surface area contributed by atoms with Crippen LogP contribution in [0.1, 0.15) is 18.9 Å². The molecule has 2 N–H and O–H groups in total. The zero-order chi connectivity index (χ0) is 13.0. The van der Waals surface area contributed by atoms with E-state index in [1.807, 2.05) is 32.2 Å². The minimum Gasteiger partial charge on any atom is -0.493 e. The Hall–Kier alpha value is -1.55. The lowest BCUT2D eigenvalue weighted by Gasteiger charge is -2.18. The van der Waals surface area contributed by atoms with E-state index in [0.29, 0.717) is 6.54 Å². The number of aryl methyl sites for hydroxylation is 1. The van der Waals surface area contributed by atoms with Crippen molar-refractivity contribution in [3.8, 4) is 5.75 Å². The van der Waals surface area contributed by atoms with Crippen molar-refractivity contribution in [1.82, 2.24) is 5.32 Å². The molecule has 1 aromatic carbocycles. The molecule has 4 heteroatoms. The summed E-state index contributed by atoms with van der Waals surface area (Å²) in [5, 5.41) is 5.95. The second-order valence-corrected chi connectivity index (χ2v) is 4.72. The first-order chi connectivity index (χ1) is 8.70. The topological polar surface area (TPSA) is 50.4 Å². The van der Waals surface area contributed by atoms with Crippen molar-refractivity contribution in [1.29, 1.82) is 0 Å². The maximum absolute atomic E-state index is 11.9. The zero-order valence-corrected chi connectivity index (χ0v) is 11.0. The lowest BCUT2D eigenvalue weighted by Crippen LogP contribution is -2.28. The summed E-state index contributed by atoms with van der Waals surface area (Å²) in [6.45, 7) is 3.38. The third-order valence-corrected chi connectivity index (χ3v) is 3.13. The van der Waals surface area contributed by atoms with Gasteiger partial charge in [-0.25, -0.2) is 0 Å². The number of amides is 1. The minimum atomic E-state index is -0.0396. The normalized spacial score (nSPS) is 15.4. The number of carbonyl (C=O) groups excluding carboxylic acids is 1. The third-order valence-electron chi connectivity index (χ3n) is 3.13. The van der Waals surface area contributed by atoms with Crippen LogP contribution < -0.4 is 15.4 Å². The predicted octanol–water partition coefficient (Wildman–Crippen LogP) is 1.81. The van der Waals surface area contributed by atoms with Crippen molar-refractivity contribution in [2.45, 2.75) is 19.8 Å². The molecule has 1 aromatic rings. The highest BCUT2D eigenvalue weighted by molar-refractivity contribution is 5.92. The van der Waals surface area contributed by atoms with Crippen molar-refractivity contribution in [3.05, 3.63) is 23.8 Å². The quantitative estimate of drug-likeness (QED) is 0.854. The van der Waals surface area contributed by atoms with E-state index in [2.05, 4.69) is 10.6 Å². The maximum atomic E-state index is 11.9. The summed E-state index contributed by atoms with van der Waals surface area (Å²) in [6.07, 6.45) is 2.06. The van der Waals surface area contributed by atoms with Crippen molar-refractivity contribution >= 4 is 11.6 Å². The first kappa shape index (κ1) is 12.9. The van der Waals surface area contributed by atoms with E-state index in [4.69, 9.17) is 4.74 Å². The fourth-order valence-electron chi connectivity index (χ4n) is 2.10. The Balaban J connectivity index is 2.03. The lowest BCUT2D eigenvalue weighted by molar-refractivity contribution is -0.119. The van der Waals surface area contributed by atoms with Crippen LogP contribution in [-0.2, 0) is 11.2 Å². The Morgan fingerprint density at radius 3 is 3.11 bits per heavy atom. The smallest absolute Gasteiger partial charge is 0.228 e. The Morgan fingerprint density at radius 1 is 1.50 bits per heavy atom. The average molecular weight is 248 g/mol. The van der Waals surface area contributed by atoms with E-state index in [0.717, 1.165) is 30.9 Å². The van der Waals surface area contributed by atoms with E-state index in [9.17, 15) is 4.79 Å². The van der Waals surface area contributed by atoms with Gasteiger partial charge in [0.2, 0.25) is 5.91 Å². The molecule has 0 saturated carbocycles. The number of nitrogens with one attached hydrogen (secondary N) is 2. The average Bonchev–Trinajstić information content (AvgIpc) is 2.39. The number of anilines is 1. The van der Waals surface area contributed by atoms with Crippen LogP contribution in [0.3, 0.4) is 0 Å². The summed E-state index contributed by atoms with van der Waals surface area (Å²) in [5.41, 5.74) is 2.03. The molecule has 0 aliphatic carbocycles. The van der Waals surface area contributed by atoms with Crippen LogP contribution in [0.2, 0.25) is 0 Å². The summed E-state index contributed by atoms with van der Waals surface area (Å²) in [6, 6.07) is 5.85. The van der Waals surface area contributed by atoms with E-state index in [-0.39, 0.29) is 11.8 Å². The third kappa shape index (κ3) is 3.01. The van der Waals surface area contributed by atoms with Gasteiger partial charge >= 0.3 is 0 Å². The van der Waals surface area contributed by atoms with Crippen molar-refractivity contribution in [3.63, 3.8) is 0 Å². The van der Waals surface area contributed by atoms with Gasteiger partial charge in [0.1, 0.15) is 5.75 Å². The van der Waals surface area contributed by atoms with Gasteiger partial charge in [-0.05, 0) is 43.7 Å². The highest BCUT2D eigenvalue weighted by Crippen LogP contribution is 2.27. The van der Waals surface area contributed by atoms with Crippen molar-refractivity contribution in [2.75, 3.05) is 25.5 Å². The zero-order valence-electron chi connectivity index (χ0n) is 11.0. The fourth-order valence-corrected chi connectivity index (χ4v) is 2.10. The molecule has 98 valence electrons. The van der Waals surface area contributed by atoms with Gasteiger partial charge in [0.05, 0.1) is 6.61 Å². The second-order valence-electron chi connectivity index (χ2n) is 4.72. The van der Waals surface area contributed by atoms with Crippen LogP contribution in [-0.4, -0.2) is 26.1 Å². The molecule has 1 atom stereocenters. The number of rotatable bonds is 4. The SMILES string of the molecule is CNCC(C)C(=O)Nc1ccc2c(c1)CCCO2. The Morgan fingerprint density at radius 2 is 2.33 bits per heavy atom. The molecule has 1 aliphatic heterocycles. The van der Waals surface area contributed by atoms with Crippen LogP contribution in [0.15, 0.2) is 18.2 Å². The molecule has 0 saturated heterocycles. The summed E-state index contributed by atoms with van der Waals surface area (Å²) in [7, 11) is 1.85. The molecule has 1 unspecified atom stereocenters. The second kappa shape index (κ2) is 5.87. The highest BCUT2D eigenvalue weighted by atomic mass is 16.5. The van der Waals surface area contributed by atoms with Gasteiger partial charge in [-0.2, -0.15) is 0 Å². The van der Waals surface area contributed by atoms with Gasteiger partial charge in [-0.15, -0.1) is 0 Å². The lowest BCUT2D eigenvalue weighted by atomic mass is 10.1. The predicted molar refractivity (Wildman–Crippen MR) is 72.0 cm³/mol. The number of fused-ring (bicyclic) bond motifs is 1. The van der Waals surface area contributed by atoms with Crippen molar-refractivity contribution < 1.29 is 9.53 Å². The molecular formula is C14H20N2O2. The number of ether oxygens (including phenoxy) is 1. The van der Waals surface area contributed by atoms with Gasteiger partial charge in [-0.1, -0.05) is 6.92 Å². The van der Waals surface area contributed by atoms with E-state index < -0.39 is 0 Å². The molecule has 0 fully saturated rings. The van der Waals surface area contributed by atoms with Crippen LogP contribution in [0, 0.1) is 5.92 Å². The van der Waals surface area contributed by atoms with Crippen LogP contribution in [0.25, 0.3) is 0 Å². The van der Waals surface area contributed by atoms with Gasteiger partial charge in [0.25, 0.3) is 0 Å². The maximum Gasteiger partial charge on any atom is 0.228 e. The summed E-state index contributed by atoms with van der Waals surface area (Å²) >= 11 is 0. The van der Waals surface area contributed by atoms with E-state index in [1.165, 1.54) is 5.56 Å². The molecule has 0 radical (unpaired) electrons. The van der Waals surface area contributed by atoms with Gasteiger partial charge < -0.3 is 15.4 Å². The van der Waals surface area contributed by atoms with Gasteiger partial charge in [0.15, 0.2) is 0 Å². The standard InChI is InChI=1S/C14H20N2O2/c1-10(9-15-2)14(17)16-12-5-6-13-11(8-12)4-3-7-18-13/h5-6,8,10,15H,3-4,7,9H2,1-2H3,(H,16,17). The van der Waals surface area contributed by atoms with Gasteiger partial charge in [-0.3, -0.25) is 4.79 Å². The number of carbonyl (C=O) groups is 1. The van der Waals surface area contributed by atoms with Crippen LogP contribution >= 0.6 is 0 Å². The largest absolute Gasteiger partial charge is 0.493 e. The molecule has 18 heavy (non-hydrogen) atoms. The highest BCUT2D eigenvalue weighted by Gasteiger charge is 2.14. The molecule has 1 amide bonds. The summed E-state index contributed by atoms with van der Waals surface area (Å²) in [5.74, 6) is 0.950. The van der Waals surface area contributed by atoms with Crippen molar-refractivity contribution in [2.24, 2.45) is 5.92 Å². The monoisotopic (exact) mass is 248 g/mol. The number of hydrogen-bond donors (Lipinski definition) is 2. The molecule has 2 rings (SSSR count). The molecule has 1 heterocycles. The Labute approximate surface area is 108 Å². The Bertz CT molecular complexity index is 432. The molecule has 0 aromatic heterocycles.